The molecule has 0 aliphatic carbocycles. The first-order valence-electron chi connectivity index (χ1n) is 14.1. The van der Waals surface area contributed by atoms with E-state index in [1.165, 1.54) is 0 Å². The summed E-state index contributed by atoms with van der Waals surface area (Å²) in [5, 5.41) is 0. The number of hydrogen-bond donors (Lipinski definition) is 0. The lowest BCUT2D eigenvalue weighted by atomic mass is 10.0. The van der Waals surface area contributed by atoms with Crippen molar-refractivity contribution in [3.05, 3.63) is 150 Å². The van der Waals surface area contributed by atoms with Gasteiger partial charge in [-0.15, -0.1) is 0 Å². The highest BCUT2D eigenvalue weighted by molar-refractivity contribution is 5.90. The van der Waals surface area contributed by atoms with Crippen LogP contribution in [0.25, 0.3) is 11.1 Å². The van der Waals surface area contributed by atoms with Crippen LogP contribution in [0.15, 0.2) is 122 Å². The fourth-order valence-corrected chi connectivity index (χ4v) is 3.94. The van der Waals surface area contributed by atoms with Crippen LogP contribution in [0, 0.1) is 30.6 Å². The summed E-state index contributed by atoms with van der Waals surface area (Å²) in [5.41, 5.74) is 5.79. The number of benzene rings is 4. The smallest absolute Gasteiger partial charge is 0.338 e. The lowest BCUT2D eigenvalue weighted by molar-refractivity contribution is -0.131. The summed E-state index contributed by atoms with van der Waals surface area (Å²) in [5.74, 6) is 12.0. The Morgan fingerprint density at radius 1 is 0.587 bits per heavy atom. The molecule has 4 aromatic carbocycles. The van der Waals surface area contributed by atoms with Crippen molar-refractivity contribution in [2.45, 2.75) is 20.8 Å². The van der Waals surface area contributed by atoms with E-state index >= 15 is 0 Å². The predicted molar refractivity (Wildman–Crippen MR) is 178 cm³/mol. The number of hydrogen-bond acceptors (Lipinski definition) is 6. The van der Waals surface area contributed by atoms with E-state index in [4.69, 9.17) is 14.2 Å². The van der Waals surface area contributed by atoms with E-state index < -0.39 is 17.9 Å². The average Bonchev–Trinajstić information content (AvgIpc) is 3.05. The highest BCUT2D eigenvalue weighted by Gasteiger charge is 2.14. The Labute approximate surface area is 268 Å². The maximum Gasteiger partial charge on any atom is 0.338 e. The molecule has 6 heteroatoms. The van der Waals surface area contributed by atoms with Crippen molar-refractivity contribution in [2.24, 2.45) is 0 Å². The Bertz CT molecular complexity index is 1970. The minimum absolute atomic E-state index is 0.254. The SMILES string of the molecule is C=CC(=O)Oc1ccc(C#Cc2ccc(C#Cc3ccc(-c4ccc(OC(=O)C(=C)C)cc4)cc3)c(OC(=O)C(=C)C)c2C)cc1. The zero-order chi connectivity index (χ0) is 33.2. The van der Waals surface area contributed by atoms with E-state index in [1.807, 2.05) is 49.4 Å². The Morgan fingerprint density at radius 2 is 1.02 bits per heavy atom. The third-order valence-electron chi connectivity index (χ3n) is 6.50. The van der Waals surface area contributed by atoms with E-state index in [-0.39, 0.29) is 5.57 Å². The lowest BCUT2D eigenvalue weighted by Gasteiger charge is -2.11. The molecule has 0 amide bonds. The number of rotatable bonds is 7. The summed E-state index contributed by atoms with van der Waals surface area (Å²) in [7, 11) is 0. The molecule has 0 spiro atoms. The lowest BCUT2D eigenvalue weighted by Crippen LogP contribution is -2.11. The molecular weight excluding hydrogens is 576 g/mol. The van der Waals surface area contributed by atoms with Crippen molar-refractivity contribution in [1.29, 1.82) is 0 Å². The van der Waals surface area contributed by atoms with E-state index in [9.17, 15) is 14.4 Å². The number of ether oxygens (including phenoxy) is 3. The standard InChI is InChI=1S/C40H30O6/c1-7-37(41)44-35-22-12-30(13-23-35)8-14-31-18-19-34(38(28(31)6)46-40(43)27(4)5)17-11-29-9-15-32(16-10-29)33-20-24-36(25-21-33)45-39(42)26(2)3/h7,9-10,12-13,15-16,18-25H,1-2,4H2,3,5-6H3. The van der Waals surface area contributed by atoms with Crippen LogP contribution < -0.4 is 14.2 Å². The molecular formula is C40H30O6. The van der Waals surface area contributed by atoms with Crippen LogP contribution in [-0.4, -0.2) is 17.9 Å². The second-order valence-electron chi connectivity index (χ2n) is 10.2. The molecule has 0 aliphatic heterocycles. The fraction of sp³-hybridized carbons (Fsp3) is 0.0750. The van der Waals surface area contributed by atoms with Crippen LogP contribution in [0.2, 0.25) is 0 Å². The molecule has 0 fully saturated rings. The monoisotopic (exact) mass is 606 g/mol. The third kappa shape index (κ3) is 8.60. The molecule has 0 unspecified atom stereocenters. The molecule has 0 aliphatic rings. The van der Waals surface area contributed by atoms with Gasteiger partial charge in [0.25, 0.3) is 0 Å². The molecule has 0 heterocycles. The van der Waals surface area contributed by atoms with Crippen LogP contribution in [0.1, 0.15) is 41.7 Å². The van der Waals surface area contributed by atoms with Gasteiger partial charge in [0.1, 0.15) is 11.5 Å². The van der Waals surface area contributed by atoms with Crippen molar-refractivity contribution in [2.75, 3.05) is 0 Å². The molecule has 4 rings (SSSR count). The van der Waals surface area contributed by atoms with E-state index in [0.29, 0.717) is 45.1 Å². The largest absolute Gasteiger partial charge is 0.423 e. The first kappa shape index (κ1) is 32.5. The van der Waals surface area contributed by atoms with Gasteiger partial charge in [-0.05, 0) is 92.6 Å². The van der Waals surface area contributed by atoms with Crippen molar-refractivity contribution >= 4 is 17.9 Å². The van der Waals surface area contributed by atoms with Crippen molar-refractivity contribution in [3.63, 3.8) is 0 Å². The molecule has 0 radical (unpaired) electrons. The number of carbonyl (C=O) groups is 3. The van der Waals surface area contributed by atoms with Gasteiger partial charge in [0.05, 0.1) is 5.56 Å². The summed E-state index contributed by atoms with van der Waals surface area (Å²) in [6.45, 7) is 15.7. The minimum atomic E-state index is -0.564. The highest BCUT2D eigenvalue weighted by atomic mass is 16.5. The molecule has 0 bridgehead atoms. The van der Waals surface area contributed by atoms with Crippen LogP contribution in [0.5, 0.6) is 17.2 Å². The zero-order valence-corrected chi connectivity index (χ0v) is 25.7. The normalized spacial score (nSPS) is 9.80. The van der Waals surface area contributed by atoms with Gasteiger partial charge in [0.2, 0.25) is 0 Å². The molecule has 0 saturated heterocycles. The Balaban J connectivity index is 1.57. The van der Waals surface area contributed by atoms with Gasteiger partial charge in [-0.1, -0.05) is 67.7 Å². The third-order valence-corrected chi connectivity index (χ3v) is 6.50. The summed E-state index contributed by atoms with van der Waals surface area (Å²) < 4.78 is 16.1. The summed E-state index contributed by atoms with van der Waals surface area (Å²) >= 11 is 0. The topological polar surface area (TPSA) is 78.9 Å². The number of esters is 3. The second kappa shape index (κ2) is 14.9. The molecule has 0 aromatic heterocycles. The van der Waals surface area contributed by atoms with Crippen LogP contribution in [-0.2, 0) is 14.4 Å². The van der Waals surface area contributed by atoms with Gasteiger partial charge < -0.3 is 14.2 Å². The molecule has 0 atom stereocenters. The van der Waals surface area contributed by atoms with E-state index in [2.05, 4.69) is 43.4 Å². The predicted octanol–water partition coefficient (Wildman–Crippen LogP) is 7.52. The molecule has 0 N–H and O–H groups in total. The Hall–Kier alpha value is -6.37. The van der Waals surface area contributed by atoms with Gasteiger partial charge in [0.15, 0.2) is 5.75 Å². The minimum Gasteiger partial charge on any atom is -0.423 e. The summed E-state index contributed by atoms with van der Waals surface area (Å²) in [6.07, 6.45) is 1.09. The molecule has 226 valence electrons. The number of carbonyl (C=O) groups excluding carboxylic acids is 3. The van der Waals surface area contributed by atoms with Gasteiger partial charge in [-0.3, -0.25) is 0 Å². The second-order valence-corrected chi connectivity index (χ2v) is 10.2. The quantitative estimate of drug-likeness (QED) is 0.0938. The van der Waals surface area contributed by atoms with Crippen molar-refractivity contribution in [1.82, 2.24) is 0 Å². The maximum atomic E-state index is 12.5. The molecule has 4 aromatic rings. The van der Waals surface area contributed by atoms with E-state index in [1.54, 1.807) is 56.3 Å². The Morgan fingerprint density at radius 3 is 1.57 bits per heavy atom. The van der Waals surface area contributed by atoms with Gasteiger partial charge >= 0.3 is 17.9 Å². The zero-order valence-electron chi connectivity index (χ0n) is 25.7. The maximum absolute atomic E-state index is 12.5. The van der Waals surface area contributed by atoms with Crippen molar-refractivity contribution < 1.29 is 28.6 Å². The van der Waals surface area contributed by atoms with Gasteiger partial charge in [-0.2, -0.15) is 0 Å². The van der Waals surface area contributed by atoms with Gasteiger partial charge in [0, 0.05) is 39.5 Å². The summed E-state index contributed by atoms with van der Waals surface area (Å²) in [4.78, 5) is 35.7. The first-order valence-corrected chi connectivity index (χ1v) is 14.1. The van der Waals surface area contributed by atoms with Crippen LogP contribution in [0.3, 0.4) is 0 Å². The van der Waals surface area contributed by atoms with Gasteiger partial charge in [-0.25, -0.2) is 14.4 Å². The average molecular weight is 607 g/mol. The highest BCUT2D eigenvalue weighted by Crippen LogP contribution is 2.28. The first-order chi connectivity index (χ1) is 22.0. The summed E-state index contributed by atoms with van der Waals surface area (Å²) in [6, 6.07) is 25.2. The van der Waals surface area contributed by atoms with E-state index in [0.717, 1.165) is 22.8 Å². The van der Waals surface area contributed by atoms with Crippen LogP contribution in [0.4, 0.5) is 0 Å². The molecule has 0 saturated carbocycles. The Kier molecular flexibility index (Phi) is 10.5. The van der Waals surface area contributed by atoms with Crippen molar-refractivity contribution in [3.8, 4) is 52.1 Å². The molecule has 46 heavy (non-hydrogen) atoms. The molecule has 6 nitrogen and oxygen atoms in total. The van der Waals surface area contributed by atoms with Crippen LogP contribution >= 0.6 is 0 Å². The fourth-order valence-electron chi connectivity index (χ4n) is 3.94.